The van der Waals surface area contributed by atoms with Crippen LogP contribution in [0.25, 0.3) is 0 Å². The average Bonchev–Trinajstić information content (AvgIpc) is 3.00. The third-order valence-corrected chi connectivity index (χ3v) is 8.57. The summed E-state index contributed by atoms with van der Waals surface area (Å²) in [5, 5.41) is 13.8. The molecule has 0 atom stereocenters. The molecule has 19 heteroatoms. The molecule has 4 aromatic carbocycles. The van der Waals surface area contributed by atoms with Gasteiger partial charge in [0, 0.05) is 11.1 Å². The molecule has 0 saturated heterocycles. The van der Waals surface area contributed by atoms with Crippen LogP contribution in [0, 0.1) is 6.92 Å². The Bertz CT molecular complexity index is 1860. The second kappa shape index (κ2) is 16.9. The topological polar surface area (TPSA) is 134 Å². The van der Waals surface area contributed by atoms with Crippen LogP contribution in [-0.2, 0) is 24.9 Å². The number of ketones is 1. The van der Waals surface area contributed by atoms with Crippen LogP contribution in [-0.4, -0.2) is 38.2 Å². The predicted molar refractivity (Wildman–Crippen MR) is 149 cm³/mol. The Kier molecular flexibility index (Phi) is 14.9. The SMILES string of the molecule is COc1ccc(C(c2ccc(Oc3ccc(C(=O)c4ccc(C)c(S(=O)(=O)[O-])c4)cc3SOO[O-])cc2)(C(F)(F)F)C(F)(F)F)cc1.[Na+].[Na+]. The fourth-order valence-electron chi connectivity index (χ4n) is 4.75. The van der Waals surface area contributed by atoms with Gasteiger partial charge in [-0.2, -0.15) is 30.7 Å². The number of benzene rings is 4. The Morgan fingerprint density at radius 1 is 0.755 bits per heavy atom. The quantitative estimate of drug-likeness (QED) is 0.0408. The zero-order valence-corrected chi connectivity index (χ0v) is 31.5. The number of aryl methyl sites for hydroxylation is 1. The van der Waals surface area contributed by atoms with Crippen molar-refractivity contribution in [3.8, 4) is 17.2 Å². The number of halogens is 6. The molecule has 0 unspecified atom stereocenters. The third-order valence-electron chi connectivity index (χ3n) is 6.97. The third kappa shape index (κ3) is 9.22. The number of methoxy groups -OCH3 is 1. The number of alkyl halides is 6. The predicted octanol–water partition coefficient (Wildman–Crippen LogP) is 0.580. The smallest absolute Gasteiger partial charge is 0.744 e. The molecule has 0 amide bonds. The Hall–Kier alpha value is -2.13. The second-order valence-corrected chi connectivity index (χ2v) is 11.8. The van der Waals surface area contributed by atoms with Crippen LogP contribution in [0.3, 0.4) is 0 Å². The van der Waals surface area contributed by atoms with Gasteiger partial charge in [-0.15, -0.1) is 0 Å². The van der Waals surface area contributed by atoms with Gasteiger partial charge >= 0.3 is 71.5 Å². The first-order valence-corrected chi connectivity index (χ1v) is 15.0. The normalized spacial score (nSPS) is 12.0. The van der Waals surface area contributed by atoms with Crippen LogP contribution in [0.1, 0.15) is 32.6 Å². The molecule has 0 radical (unpaired) electrons. The summed E-state index contributed by atoms with van der Waals surface area (Å²) in [5.41, 5.74) is -6.87. The Morgan fingerprint density at radius 2 is 1.24 bits per heavy atom. The Morgan fingerprint density at radius 3 is 1.71 bits per heavy atom. The van der Waals surface area contributed by atoms with Crippen molar-refractivity contribution < 1.29 is 127 Å². The summed E-state index contributed by atoms with van der Waals surface area (Å²) in [4.78, 5) is 12.4. The van der Waals surface area contributed by atoms with Crippen LogP contribution in [0.2, 0.25) is 0 Å². The van der Waals surface area contributed by atoms with E-state index >= 15 is 0 Å². The van der Waals surface area contributed by atoms with Crippen LogP contribution in [0.5, 0.6) is 17.2 Å². The van der Waals surface area contributed by atoms with Gasteiger partial charge in [-0.3, -0.25) is 9.83 Å². The molecule has 0 aliphatic rings. The average molecular weight is 749 g/mol. The van der Waals surface area contributed by atoms with E-state index in [9.17, 15) is 49.4 Å². The van der Waals surface area contributed by atoms with Crippen molar-refractivity contribution in [3.05, 3.63) is 113 Å². The molecule has 0 aliphatic heterocycles. The molecule has 0 fully saturated rings. The Balaban J connectivity index is 0.00000417. The fourth-order valence-corrected chi connectivity index (χ4v) is 5.95. The zero-order valence-electron chi connectivity index (χ0n) is 25.8. The largest absolute Gasteiger partial charge is 1.00 e. The summed E-state index contributed by atoms with van der Waals surface area (Å²) in [6.45, 7) is 1.36. The maximum Gasteiger partial charge on any atom is 1.00 e. The van der Waals surface area contributed by atoms with Crippen LogP contribution < -0.4 is 73.8 Å². The van der Waals surface area contributed by atoms with Crippen molar-refractivity contribution in [2.75, 3.05) is 7.11 Å². The van der Waals surface area contributed by atoms with Crippen molar-refractivity contribution in [2.24, 2.45) is 0 Å². The van der Waals surface area contributed by atoms with E-state index in [1.807, 2.05) is 0 Å². The minimum Gasteiger partial charge on any atom is -0.744 e. The van der Waals surface area contributed by atoms with Gasteiger partial charge in [-0.1, -0.05) is 36.4 Å². The molecule has 0 aliphatic carbocycles. The van der Waals surface area contributed by atoms with Gasteiger partial charge < -0.3 is 19.3 Å². The number of ether oxygens (including phenoxy) is 2. The van der Waals surface area contributed by atoms with Crippen LogP contribution in [0.4, 0.5) is 26.3 Å². The van der Waals surface area contributed by atoms with E-state index in [2.05, 4.69) is 9.37 Å². The summed E-state index contributed by atoms with van der Waals surface area (Å²) in [6.07, 6.45) is -11.7. The second-order valence-electron chi connectivity index (χ2n) is 9.74. The van der Waals surface area contributed by atoms with E-state index in [1.54, 1.807) is 0 Å². The van der Waals surface area contributed by atoms with E-state index in [4.69, 9.17) is 9.47 Å². The van der Waals surface area contributed by atoms with Crippen molar-refractivity contribution in [1.82, 2.24) is 0 Å². The standard InChI is InChI=1S/C30H22F6O9S2.2Na/c1-17-3-4-19(16-26(17)47(39,40)41)27(37)18-5-14-24(25(15-18)46-45-44-38)43-23-12-8-21(9-13-23)28(29(31,32)33,30(34,35)36)20-6-10-22(42-2)11-7-20;;/h3-16,38H,1-2H3,(H,39,40,41);;/q;2*+1/p-2. The zero-order chi connectivity index (χ0) is 34.8. The maximum atomic E-state index is 14.5. The Labute approximate surface area is 324 Å². The number of carbonyl (C=O) groups is 1. The van der Waals surface area contributed by atoms with Crippen molar-refractivity contribution in [3.63, 3.8) is 0 Å². The number of hydrogen-bond donors (Lipinski definition) is 0. The number of carbonyl (C=O) groups excluding carboxylic acids is 1. The summed E-state index contributed by atoms with van der Waals surface area (Å²) in [7, 11) is -3.71. The molecular formula is C30H20F6Na2O9S2. The van der Waals surface area contributed by atoms with E-state index in [1.165, 1.54) is 38.3 Å². The molecule has 0 saturated carbocycles. The van der Waals surface area contributed by atoms with Crippen LogP contribution in [0.15, 0.2) is 94.7 Å². The number of rotatable bonds is 11. The van der Waals surface area contributed by atoms with Crippen molar-refractivity contribution in [1.29, 1.82) is 0 Å². The van der Waals surface area contributed by atoms with E-state index in [-0.39, 0.29) is 110 Å². The summed E-state index contributed by atoms with van der Waals surface area (Å²) < 4.78 is 136. The molecule has 4 rings (SSSR count). The van der Waals surface area contributed by atoms with Gasteiger partial charge in [0.15, 0.2) is 5.78 Å². The first kappa shape index (κ1) is 43.0. The van der Waals surface area contributed by atoms with E-state index < -0.39 is 49.7 Å². The first-order chi connectivity index (χ1) is 21.9. The molecule has 250 valence electrons. The van der Waals surface area contributed by atoms with Crippen molar-refractivity contribution in [2.45, 2.75) is 34.5 Å². The molecular weight excluding hydrogens is 728 g/mol. The van der Waals surface area contributed by atoms with Gasteiger partial charge in [-0.25, -0.2) is 8.42 Å². The summed E-state index contributed by atoms with van der Waals surface area (Å²) in [5.74, 6) is -1.13. The summed E-state index contributed by atoms with van der Waals surface area (Å²) in [6, 6.07) is 13.1. The van der Waals surface area contributed by atoms with E-state index in [0.717, 1.165) is 36.4 Å². The van der Waals surface area contributed by atoms with Crippen molar-refractivity contribution >= 4 is 27.9 Å². The molecule has 4 aromatic rings. The summed E-state index contributed by atoms with van der Waals surface area (Å²) >= 11 is 0.252. The van der Waals surface area contributed by atoms with E-state index in [0.29, 0.717) is 24.3 Å². The minimum atomic E-state index is -5.83. The minimum absolute atomic E-state index is 0. The van der Waals surface area contributed by atoms with Gasteiger partial charge in [0.25, 0.3) is 0 Å². The van der Waals surface area contributed by atoms with Gasteiger partial charge in [0.05, 0.1) is 28.9 Å². The molecule has 0 bridgehead atoms. The fraction of sp³-hybridized carbons (Fsp3) is 0.167. The number of hydrogen-bond acceptors (Lipinski definition) is 10. The molecule has 0 spiro atoms. The van der Waals surface area contributed by atoms with Gasteiger partial charge in [0.1, 0.15) is 27.4 Å². The molecule has 0 aromatic heterocycles. The monoisotopic (exact) mass is 748 g/mol. The van der Waals surface area contributed by atoms with Gasteiger partial charge in [0.2, 0.25) is 5.41 Å². The maximum absolute atomic E-state index is 14.5. The van der Waals surface area contributed by atoms with Gasteiger partial charge in [-0.05, 0) is 72.1 Å². The molecule has 0 N–H and O–H groups in total. The molecule has 49 heavy (non-hydrogen) atoms. The molecule has 9 nitrogen and oxygen atoms in total. The molecule has 0 heterocycles. The van der Waals surface area contributed by atoms with Crippen LogP contribution >= 0.6 is 12.0 Å². The first-order valence-electron chi connectivity index (χ1n) is 12.9.